The Balaban J connectivity index is 1.08. The number of benzene rings is 9. The van der Waals surface area contributed by atoms with Crippen LogP contribution in [-0.4, -0.2) is 13.5 Å². The molecule has 0 spiro atoms. The van der Waals surface area contributed by atoms with Crippen LogP contribution >= 0.6 is 11.3 Å². The summed E-state index contributed by atoms with van der Waals surface area (Å²) in [5, 5.41) is 2.61. The van der Waals surface area contributed by atoms with Crippen molar-refractivity contribution < 1.29 is 9.47 Å². The summed E-state index contributed by atoms with van der Waals surface area (Å²) in [4.78, 5) is 5.03. The van der Waals surface area contributed by atoms with Crippen LogP contribution in [-0.2, 0) is 16.2 Å². The molecular weight excluding hydrogens is 920 g/mol. The van der Waals surface area contributed by atoms with Crippen molar-refractivity contribution in [1.29, 1.82) is 0 Å². The summed E-state index contributed by atoms with van der Waals surface area (Å²) in [6, 6.07) is 67.1. The maximum Gasteiger partial charge on any atom is 0.252 e. The Morgan fingerprint density at radius 2 is 0.973 bits per heavy atom. The van der Waals surface area contributed by atoms with E-state index in [2.05, 4.69) is 255 Å². The van der Waals surface area contributed by atoms with Crippen molar-refractivity contribution in [2.45, 2.75) is 85.5 Å². The second-order valence-electron chi connectivity index (χ2n) is 23.9. The Labute approximate surface area is 440 Å². The van der Waals surface area contributed by atoms with Crippen LogP contribution in [0.25, 0.3) is 53.6 Å². The Morgan fingerprint density at radius 3 is 1.61 bits per heavy atom. The van der Waals surface area contributed by atoms with E-state index in [1.54, 1.807) is 0 Å². The standard InChI is InChI=1S/C68H61BN2O2S/c1-41-33-58-63-59(34-41)71(51-27-25-50(26-28-51)68(8,9)10)64-56(31-32-60-65(64)73-40-72-60)69(63)55-30-20-44(45-19-29-54-53-13-11-12-14-61(53)74-62(54)39-45)38-57(55)70(58)52-36-46(42-15-21-48(22-16-42)66(2,3)4)35-47(37-52)43-17-23-49(24-18-43)67(5,6)7/h11-39H,40H2,1-10H3. The van der Waals surface area contributed by atoms with Gasteiger partial charge in [-0.25, -0.2) is 0 Å². The summed E-state index contributed by atoms with van der Waals surface area (Å²) in [6.45, 7) is 22.9. The van der Waals surface area contributed by atoms with Gasteiger partial charge in [0.2, 0.25) is 6.79 Å². The van der Waals surface area contributed by atoms with Crippen molar-refractivity contribution in [1.82, 2.24) is 0 Å². The molecule has 6 heteroatoms. The largest absolute Gasteiger partial charge is 0.454 e. The molecule has 4 nitrogen and oxygen atoms in total. The maximum absolute atomic E-state index is 6.51. The molecule has 0 bridgehead atoms. The van der Waals surface area contributed by atoms with Crippen LogP contribution in [0.5, 0.6) is 11.5 Å². The van der Waals surface area contributed by atoms with Gasteiger partial charge in [0.05, 0.1) is 5.69 Å². The van der Waals surface area contributed by atoms with Gasteiger partial charge in [-0.15, -0.1) is 11.3 Å². The number of nitrogens with zero attached hydrogens (tertiary/aromatic N) is 2. The lowest BCUT2D eigenvalue weighted by atomic mass is 9.33. The van der Waals surface area contributed by atoms with E-state index < -0.39 is 0 Å². The molecule has 0 N–H and O–H groups in total. The van der Waals surface area contributed by atoms with E-state index in [1.807, 2.05) is 11.3 Å². The fourth-order valence-electron chi connectivity index (χ4n) is 11.7. The average molecular weight is 981 g/mol. The molecule has 0 atom stereocenters. The van der Waals surface area contributed by atoms with Gasteiger partial charge in [0.1, 0.15) is 0 Å². The first-order chi connectivity index (χ1) is 35.5. The molecule has 364 valence electrons. The Kier molecular flexibility index (Phi) is 10.5. The summed E-state index contributed by atoms with van der Waals surface area (Å²) in [6.07, 6.45) is 0. The highest BCUT2D eigenvalue weighted by atomic mass is 32.1. The molecule has 10 aromatic rings. The molecule has 9 aromatic carbocycles. The van der Waals surface area contributed by atoms with Crippen molar-refractivity contribution in [3.05, 3.63) is 198 Å². The van der Waals surface area contributed by atoms with Crippen LogP contribution in [0.2, 0.25) is 0 Å². The number of anilines is 6. The van der Waals surface area contributed by atoms with Crippen LogP contribution in [0, 0.1) is 6.92 Å². The van der Waals surface area contributed by atoms with Crippen molar-refractivity contribution in [3.8, 4) is 44.9 Å². The molecule has 4 heterocycles. The Bertz CT molecular complexity index is 3810. The highest BCUT2D eigenvalue weighted by Gasteiger charge is 2.46. The van der Waals surface area contributed by atoms with E-state index in [-0.39, 0.29) is 29.8 Å². The van der Waals surface area contributed by atoms with E-state index >= 15 is 0 Å². The number of aryl methyl sites for hydroxylation is 1. The normalized spacial score (nSPS) is 13.9. The quantitative estimate of drug-likeness (QED) is 0.160. The van der Waals surface area contributed by atoms with Crippen molar-refractivity contribution >= 4 is 88.7 Å². The third kappa shape index (κ3) is 7.63. The lowest BCUT2D eigenvalue weighted by Gasteiger charge is -2.44. The monoisotopic (exact) mass is 980 g/mol. The van der Waals surface area contributed by atoms with E-state index in [4.69, 9.17) is 9.47 Å². The number of thiophene rings is 1. The van der Waals surface area contributed by atoms with Crippen LogP contribution < -0.4 is 35.7 Å². The van der Waals surface area contributed by atoms with Gasteiger partial charge in [0.15, 0.2) is 11.5 Å². The molecule has 3 aliphatic heterocycles. The number of hydrogen-bond donors (Lipinski definition) is 0. The molecule has 0 saturated carbocycles. The van der Waals surface area contributed by atoms with Gasteiger partial charge in [-0.1, -0.05) is 172 Å². The van der Waals surface area contributed by atoms with Crippen LogP contribution in [0.3, 0.4) is 0 Å². The first kappa shape index (κ1) is 46.3. The fourth-order valence-corrected chi connectivity index (χ4v) is 12.9. The molecule has 3 aliphatic rings. The van der Waals surface area contributed by atoms with Gasteiger partial charge in [-0.3, -0.25) is 0 Å². The highest BCUT2D eigenvalue weighted by Crippen LogP contribution is 2.52. The second-order valence-corrected chi connectivity index (χ2v) is 24.9. The lowest BCUT2D eigenvalue weighted by Crippen LogP contribution is -2.61. The molecule has 0 saturated heterocycles. The topological polar surface area (TPSA) is 24.9 Å². The van der Waals surface area contributed by atoms with Gasteiger partial charge in [0, 0.05) is 48.6 Å². The first-order valence-corrected chi connectivity index (χ1v) is 27.0. The van der Waals surface area contributed by atoms with E-state index in [9.17, 15) is 0 Å². The zero-order chi connectivity index (χ0) is 51.0. The predicted octanol–water partition coefficient (Wildman–Crippen LogP) is 17.1. The maximum atomic E-state index is 6.51. The van der Waals surface area contributed by atoms with Crippen LogP contribution in [0.4, 0.5) is 34.1 Å². The molecule has 0 fully saturated rings. The van der Waals surface area contributed by atoms with E-state index in [0.717, 1.165) is 39.9 Å². The summed E-state index contributed by atoms with van der Waals surface area (Å²) in [5.74, 6) is 1.57. The zero-order valence-corrected chi connectivity index (χ0v) is 45.0. The third-order valence-corrected chi connectivity index (χ3v) is 16.9. The molecule has 0 aliphatic carbocycles. The second kappa shape index (κ2) is 16.7. The minimum absolute atomic E-state index is 0.00741. The number of ether oxygens (including phenoxy) is 2. The summed E-state index contributed by atoms with van der Waals surface area (Å²) < 4.78 is 15.3. The molecule has 74 heavy (non-hydrogen) atoms. The van der Waals surface area contributed by atoms with Gasteiger partial charge >= 0.3 is 0 Å². The molecule has 1 aromatic heterocycles. The third-order valence-electron chi connectivity index (χ3n) is 15.8. The average Bonchev–Trinajstić information content (AvgIpc) is 4.04. The van der Waals surface area contributed by atoms with E-state index in [1.165, 1.54) is 97.9 Å². The molecule has 0 amide bonds. The Hall–Kier alpha value is -7.54. The minimum Gasteiger partial charge on any atom is -0.454 e. The van der Waals surface area contributed by atoms with Crippen molar-refractivity contribution in [3.63, 3.8) is 0 Å². The first-order valence-electron chi connectivity index (χ1n) is 26.2. The van der Waals surface area contributed by atoms with Crippen molar-refractivity contribution in [2.75, 3.05) is 16.6 Å². The number of fused-ring (bicyclic) bond motifs is 9. The Morgan fingerprint density at radius 1 is 0.432 bits per heavy atom. The van der Waals surface area contributed by atoms with Crippen LogP contribution in [0.15, 0.2) is 176 Å². The van der Waals surface area contributed by atoms with Gasteiger partial charge in [0.25, 0.3) is 6.71 Å². The lowest BCUT2D eigenvalue weighted by molar-refractivity contribution is 0.174. The summed E-state index contributed by atoms with van der Waals surface area (Å²) in [5.41, 5.74) is 22.7. The zero-order valence-electron chi connectivity index (χ0n) is 44.1. The SMILES string of the molecule is Cc1cc2c3c(c1)N(c1ccc(C(C)(C)C)cc1)c1c(ccc4c1OCO4)B3c1ccc(-c3ccc4c(c3)sc3ccccc34)cc1N2c1cc(-c2ccc(C(C)(C)C)cc2)cc(-c2ccc(C(C)(C)C)cc2)c1. The fraction of sp³-hybridized carbons (Fsp3) is 0.206. The summed E-state index contributed by atoms with van der Waals surface area (Å²) in [7, 11) is 0. The highest BCUT2D eigenvalue weighted by molar-refractivity contribution is 7.25. The molecule has 0 radical (unpaired) electrons. The van der Waals surface area contributed by atoms with Gasteiger partial charge < -0.3 is 19.3 Å². The van der Waals surface area contributed by atoms with Gasteiger partial charge in [-0.05, 0) is 162 Å². The summed E-state index contributed by atoms with van der Waals surface area (Å²) >= 11 is 1.87. The molecule has 13 rings (SSSR count). The number of rotatable bonds is 5. The number of hydrogen-bond acceptors (Lipinski definition) is 5. The van der Waals surface area contributed by atoms with Crippen LogP contribution in [0.1, 0.15) is 84.6 Å². The van der Waals surface area contributed by atoms with Crippen molar-refractivity contribution in [2.24, 2.45) is 0 Å². The van der Waals surface area contributed by atoms with Gasteiger partial charge in [-0.2, -0.15) is 0 Å². The smallest absolute Gasteiger partial charge is 0.252 e. The molecular formula is C68H61BN2O2S. The van der Waals surface area contributed by atoms with E-state index in [0.29, 0.717) is 0 Å². The molecule has 0 unspecified atom stereocenters. The minimum atomic E-state index is -0.0990. The predicted molar refractivity (Wildman–Crippen MR) is 317 cm³/mol.